The minimum Gasteiger partial charge on any atom is -0.384 e. The Morgan fingerprint density at radius 2 is 2.20 bits per heavy atom. The van der Waals surface area contributed by atoms with Crippen LogP contribution in [0.25, 0.3) is 0 Å². The molecule has 0 aliphatic heterocycles. The zero-order valence-electron chi connectivity index (χ0n) is 10.8. The second-order valence-electron chi connectivity index (χ2n) is 4.18. The van der Waals surface area contributed by atoms with Gasteiger partial charge in [0.25, 0.3) is 5.91 Å². The van der Waals surface area contributed by atoms with Crippen molar-refractivity contribution in [3.8, 4) is 0 Å². The molecule has 0 spiro atoms. The summed E-state index contributed by atoms with van der Waals surface area (Å²) in [7, 11) is 0. The third-order valence-electron chi connectivity index (χ3n) is 2.72. The van der Waals surface area contributed by atoms with Crippen LogP contribution in [0, 0.1) is 5.82 Å². The molecule has 0 unspecified atom stereocenters. The Bertz CT molecular complexity index is 641. The minimum absolute atomic E-state index is 0.103. The lowest BCUT2D eigenvalue weighted by Gasteiger charge is -2.09. The molecule has 0 bridgehead atoms. The Morgan fingerprint density at radius 3 is 2.85 bits per heavy atom. The number of carbonyl (C=O) groups excluding carboxylic acids is 1. The molecule has 6 heteroatoms. The standard InChI is InChI=1S/C14H13BrFN3O/c1-2-9-6-8(7-12(17)18-9)14(20)19-13-10(15)4-3-5-11(13)16/h3-7H,2H2,1H3,(H2,17,18)(H,19,20). The van der Waals surface area contributed by atoms with Crippen LogP contribution < -0.4 is 11.1 Å². The number of nitrogens with two attached hydrogens (primary N) is 1. The lowest BCUT2D eigenvalue weighted by atomic mass is 10.1. The molecular formula is C14H13BrFN3O. The van der Waals surface area contributed by atoms with Crippen molar-refractivity contribution >= 4 is 33.3 Å². The maximum Gasteiger partial charge on any atom is 0.255 e. The molecule has 1 aromatic heterocycles. The van der Waals surface area contributed by atoms with Crippen molar-refractivity contribution < 1.29 is 9.18 Å². The molecule has 2 aromatic rings. The number of nitrogens with zero attached hydrogens (tertiary/aromatic N) is 1. The van der Waals surface area contributed by atoms with Gasteiger partial charge < -0.3 is 11.1 Å². The Labute approximate surface area is 124 Å². The van der Waals surface area contributed by atoms with Crippen LogP contribution in [0.15, 0.2) is 34.8 Å². The van der Waals surface area contributed by atoms with Crippen LogP contribution in [0.4, 0.5) is 15.9 Å². The number of nitrogens with one attached hydrogen (secondary N) is 1. The molecular weight excluding hydrogens is 325 g/mol. The number of rotatable bonds is 3. The van der Waals surface area contributed by atoms with Gasteiger partial charge in [-0.3, -0.25) is 4.79 Å². The van der Waals surface area contributed by atoms with E-state index in [-0.39, 0.29) is 11.5 Å². The van der Waals surface area contributed by atoms with E-state index in [0.29, 0.717) is 22.2 Å². The molecule has 0 fully saturated rings. The zero-order valence-corrected chi connectivity index (χ0v) is 12.4. The maximum atomic E-state index is 13.7. The summed E-state index contributed by atoms with van der Waals surface area (Å²) < 4.78 is 14.1. The highest BCUT2D eigenvalue weighted by Gasteiger charge is 2.13. The Kier molecular flexibility index (Phi) is 4.34. The molecule has 4 nitrogen and oxygen atoms in total. The molecule has 1 amide bonds. The van der Waals surface area contributed by atoms with Crippen LogP contribution in [0.5, 0.6) is 0 Å². The van der Waals surface area contributed by atoms with Gasteiger partial charge in [0, 0.05) is 15.7 Å². The third-order valence-corrected chi connectivity index (χ3v) is 3.38. The van der Waals surface area contributed by atoms with Crippen LogP contribution in [0.1, 0.15) is 23.0 Å². The number of aryl methyl sites for hydroxylation is 1. The van der Waals surface area contributed by atoms with Crippen molar-refractivity contribution in [3.63, 3.8) is 0 Å². The predicted octanol–water partition coefficient (Wildman–Crippen LogP) is 3.38. The maximum absolute atomic E-state index is 13.7. The van der Waals surface area contributed by atoms with E-state index >= 15 is 0 Å². The predicted molar refractivity (Wildman–Crippen MR) is 80.1 cm³/mol. The monoisotopic (exact) mass is 337 g/mol. The fourth-order valence-corrected chi connectivity index (χ4v) is 2.17. The van der Waals surface area contributed by atoms with E-state index in [2.05, 4.69) is 26.2 Å². The molecule has 0 radical (unpaired) electrons. The second-order valence-corrected chi connectivity index (χ2v) is 5.03. The number of anilines is 2. The Hall–Kier alpha value is -1.95. The first-order valence-electron chi connectivity index (χ1n) is 6.03. The highest BCUT2D eigenvalue weighted by atomic mass is 79.9. The zero-order chi connectivity index (χ0) is 14.7. The number of nitrogen functional groups attached to an aromatic ring is 1. The third kappa shape index (κ3) is 3.14. The number of halogens is 2. The number of carbonyl (C=O) groups is 1. The summed E-state index contributed by atoms with van der Waals surface area (Å²) in [6, 6.07) is 7.58. The summed E-state index contributed by atoms with van der Waals surface area (Å²) >= 11 is 3.20. The van der Waals surface area contributed by atoms with Gasteiger partial charge in [-0.05, 0) is 46.6 Å². The average Bonchev–Trinajstić information content (AvgIpc) is 2.42. The second kappa shape index (κ2) is 6.00. The number of hydrogen-bond donors (Lipinski definition) is 2. The van der Waals surface area contributed by atoms with Gasteiger partial charge >= 0.3 is 0 Å². The van der Waals surface area contributed by atoms with Crippen LogP contribution in [0.3, 0.4) is 0 Å². The van der Waals surface area contributed by atoms with E-state index in [1.165, 1.54) is 12.1 Å². The average molecular weight is 338 g/mol. The topological polar surface area (TPSA) is 68.0 Å². The molecule has 0 atom stereocenters. The fourth-order valence-electron chi connectivity index (χ4n) is 1.73. The van der Waals surface area contributed by atoms with Crippen molar-refractivity contribution in [2.45, 2.75) is 13.3 Å². The van der Waals surface area contributed by atoms with Crippen molar-refractivity contribution in [2.75, 3.05) is 11.1 Å². The van der Waals surface area contributed by atoms with E-state index in [1.54, 1.807) is 18.2 Å². The lowest BCUT2D eigenvalue weighted by Crippen LogP contribution is -2.14. The van der Waals surface area contributed by atoms with Gasteiger partial charge in [-0.15, -0.1) is 0 Å². The van der Waals surface area contributed by atoms with Crippen LogP contribution in [-0.4, -0.2) is 10.9 Å². The smallest absolute Gasteiger partial charge is 0.255 e. The molecule has 0 aliphatic carbocycles. The van der Waals surface area contributed by atoms with E-state index in [9.17, 15) is 9.18 Å². The lowest BCUT2D eigenvalue weighted by molar-refractivity contribution is 0.102. The van der Waals surface area contributed by atoms with E-state index in [4.69, 9.17) is 5.73 Å². The fraction of sp³-hybridized carbons (Fsp3) is 0.143. The van der Waals surface area contributed by atoms with Crippen LogP contribution in [0.2, 0.25) is 0 Å². The number of aromatic nitrogens is 1. The van der Waals surface area contributed by atoms with Gasteiger partial charge in [0.05, 0.1) is 5.69 Å². The summed E-state index contributed by atoms with van der Waals surface area (Å²) in [5.41, 5.74) is 6.82. The van der Waals surface area contributed by atoms with Crippen molar-refractivity contribution in [2.24, 2.45) is 0 Å². The van der Waals surface area contributed by atoms with E-state index < -0.39 is 11.7 Å². The molecule has 0 saturated carbocycles. The van der Waals surface area contributed by atoms with Crippen molar-refractivity contribution in [1.82, 2.24) is 4.98 Å². The first-order valence-corrected chi connectivity index (χ1v) is 6.82. The molecule has 3 N–H and O–H groups in total. The first kappa shape index (κ1) is 14.5. The van der Waals surface area contributed by atoms with Crippen LogP contribution in [-0.2, 0) is 6.42 Å². The number of hydrogen-bond acceptors (Lipinski definition) is 3. The SMILES string of the molecule is CCc1cc(C(=O)Nc2c(F)cccc2Br)cc(N)n1. The van der Waals surface area contributed by atoms with Crippen LogP contribution >= 0.6 is 15.9 Å². The molecule has 20 heavy (non-hydrogen) atoms. The highest BCUT2D eigenvalue weighted by Crippen LogP contribution is 2.25. The quantitative estimate of drug-likeness (QED) is 0.902. The van der Waals surface area contributed by atoms with Gasteiger partial charge in [-0.2, -0.15) is 0 Å². The Morgan fingerprint density at radius 1 is 1.45 bits per heavy atom. The normalized spacial score (nSPS) is 10.3. The molecule has 0 saturated heterocycles. The molecule has 2 rings (SSSR count). The van der Waals surface area contributed by atoms with Gasteiger partial charge in [0.15, 0.2) is 0 Å². The molecule has 0 aliphatic rings. The first-order chi connectivity index (χ1) is 9.51. The minimum atomic E-state index is -0.509. The van der Waals surface area contributed by atoms with Gasteiger partial charge in [-0.1, -0.05) is 13.0 Å². The summed E-state index contributed by atoms with van der Waals surface area (Å²) in [5, 5.41) is 2.53. The van der Waals surface area contributed by atoms with Gasteiger partial charge in [0.2, 0.25) is 0 Å². The summed E-state index contributed by atoms with van der Waals surface area (Å²) in [5.74, 6) is -0.674. The number of pyridine rings is 1. The summed E-state index contributed by atoms with van der Waals surface area (Å²) in [6.45, 7) is 1.91. The summed E-state index contributed by atoms with van der Waals surface area (Å²) in [4.78, 5) is 16.2. The van der Waals surface area contributed by atoms with Gasteiger partial charge in [-0.25, -0.2) is 9.37 Å². The highest BCUT2D eigenvalue weighted by molar-refractivity contribution is 9.10. The van der Waals surface area contributed by atoms with Crippen molar-refractivity contribution in [3.05, 3.63) is 51.9 Å². The van der Waals surface area contributed by atoms with Gasteiger partial charge in [0.1, 0.15) is 11.6 Å². The summed E-state index contributed by atoms with van der Waals surface area (Å²) in [6.07, 6.45) is 0.661. The molecule has 1 aromatic carbocycles. The number of amides is 1. The van der Waals surface area contributed by atoms with Crippen molar-refractivity contribution in [1.29, 1.82) is 0 Å². The molecule has 104 valence electrons. The largest absolute Gasteiger partial charge is 0.384 e. The molecule has 1 heterocycles. The Balaban J connectivity index is 2.31. The number of para-hydroxylation sites is 1. The van der Waals surface area contributed by atoms with E-state index in [1.807, 2.05) is 6.92 Å². The number of benzene rings is 1. The van der Waals surface area contributed by atoms with E-state index in [0.717, 1.165) is 0 Å².